The molecule has 0 spiro atoms. The number of nitrogens with one attached hydrogen (secondary N) is 1. The molecule has 1 saturated heterocycles. The van der Waals surface area contributed by atoms with Crippen molar-refractivity contribution in [2.24, 2.45) is 0 Å². The number of hydrogen-bond acceptors (Lipinski definition) is 2. The summed E-state index contributed by atoms with van der Waals surface area (Å²) in [5.41, 5.74) is 1.46. The predicted octanol–water partition coefficient (Wildman–Crippen LogP) is 1.88. The molecular formula is C16H22N2O2. The van der Waals surface area contributed by atoms with E-state index in [4.69, 9.17) is 0 Å². The van der Waals surface area contributed by atoms with E-state index in [-0.39, 0.29) is 17.6 Å². The van der Waals surface area contributed by atoms with E-state index in [0.29, 0.717) is 13.1 Å². The molecule has 2 aliphatic rings. The zero-order valence-electron chi connectivity index (χ0n) is 11.7. The van der Waals surface area contributed by atoms with Crippen LogP contribution in [0.5, 0.6) is 0 Å². The molecule has 20 heavy (non-hydrogen) atoms. The first-order valence-electron chi connectivity index (χ1n) is 7.46. The fourth-order valence-electron chi connectivity index (χ4n) is 3.01. The van der Waals surface area contributed by atoms with E-state index in [2.05, 4.69) is 29.6 Å². The molecule has 1 heterocycles. The number of likely N-dealkylation sites (tertiary alicyclic amines) is 1. The van der Waals surface area contributed by atoms with Crippen molar-refractivity contribution in [3.05, 3.63) is 35.9 Å². The lowest BCUT2D eigenvalue weighted by atomic mass is 9.96. The molecular weight excluding hydrogens is 252 g/mol. The standard InChI is InChI=1S/C16H22N2O2/c19-14-7-4-10-18(11-14)15(20)17-12-16(8-9-16)13-5-2-1-3-6-13/h1-3,5-6,14,19H,4,7-12H2,(H,17,20)/t14-/m1/s1. The highest BCUT2D eigenvalue weighted by Gasteiger charge is 2.44. The highest BCUT2D eigenvalue weighted by Crippen LogP contribution is 2.47. The van der Waals surface area contributed by atoms with Crippen LogP contribution in [0.4, 0.5) is 4.79 Å². The number of rotatable bonds is 3. The van der Waals surface area contributed by atoms with Crippen LogP contribution >= 0.6 is 0 Å². The molecule has 1 atom stereocenters. The van der Waals surface area contributed by atoms with Crippen molar-refractivity contribution >= 4 is 6.03 Å². The van der Waals surface area contributed by atoms with Gasteiger partial charge in [-0.3, -0.25) is 0 Å². The van der Waals surface area contributed by atoms with E-state index in [9.17, 15) is 9.90 Å². The fourth-order valence-corrected chi connectivity index (χ4v) is 3.01. The fraction of sp³-hybridized carbons (Fsp3) is 0.562. The number of nitrogens with zero attached hydrogens (tertiary/aromatic N) is 1. The summed E-state index contributed by atoms with van der Waals surface area (Å²) in [7, 11) is 0. The summed E-state index contributed by atoms with van der Waals surface area (Å²) >= 11 is 0. The Bertz CT molecular complexity index is 471. The summed E-state index contributed by atoms with van der Waals surface area (Å²) < 4.78 is 0. The number of carbonyl (C=O) groups is 1. The highest BCUT2D eigenvalue weighted by molar-refractivity contribution is 5.74. The normalized spacial score (nSPS) is 24.2. The Hall–Kier alpha value is -1.55. The molecule has 0 radical (unpaired) electrons. The van der Waals surface area contributed by atoms with Crippen LogP contribution < -0.4 is 5.32 Å². The van der Waals surface area contributed by atoms with Gasteiger partial charge >= 0.3 is 6.03 Å². The molecule has 1 aromatic carbocycles. The van der Waals surface area contributed by atoms with Crippen molar-refractivity contribution < 1.29 is 9.90 Å². The zero-order valence-corrected chi connectivity index (χ0v) is 11.7. The van der Waals surface area contributed by atoms with Crippen LogP contribution in [-0.4, -0.2) is 41.8 Å². The zero-order chi connectivity index (χ0) is 14.0. The van der Waals surface area contributed by atoms with E-state index in [1.54, 1.807) is 4.90 Å². The summed E-state index contributed by atoms with van der Waals surface area (Å²) in [6, 6.07) is 10.4. The Morgan fingerprint density at radius 1 is 1.35 bits per heavy atom. The van der Waals surface area contributed by atoms with Crippen LogP contribution in [0.25, 0.3) is 0 Å². The van der Waals surface area contributed by atoms with Gasteiger partial charge in [-0.1, -0.05) is 30.3 Å². The maximum atomic E-state index is 12.2. The lowest BCUT2D eigenvalue weighted by molar-refractivity contribution is 0.0841. The Balaban J connectivity index is 1.56. The molecule has 3 rings (SSSR count). The molecule has 1 aromatic rings. The molecule has 2 fully saturated rings. The second kappa shape index (κ2) is 5.44. The van der Waals surface area contributed by atoms with Gasteiger partial charge in [-0.15, -0.1) is 0 Å². The summed E-state index contributed by atoms with van der Waals surface area (Å²) in [4.78, 5) is 13.9. The monoisotopic (exact) mass is 274 g/mol. The molecule has 4 heteroatoms. The Morgan fingerprint density at radius 3 is 2.75 bits per heavy atom. The molecule has 0 aromatic heterocycles. The van der Waals surface area contributed by atoms with Crippen molar-refractivity contribution in [1.29, 1.82) is 0 Å². The van der Waals surface area contributed by atoms with Gasteiger partial charge < -0.3 is 15.3 Å². The third kappa shape index (κ3) is 2.80. The van der Waals surface area contributed by atoms with E-state index in [0.717, 1.165) is 32.2 Å². The average Bonchev–Trinajstić information content (AvgIpc) is 3.27. The summed E-state index contributed by atoms with van der Waals surface area (Å²) in [6.07, 6.45) is 3.61. The lowest BCUT2D eigenvalue weighted by Crippen LogP contribution is -2.48. The quantitative estimate of drug-likeness (QED) is 0.884. The number of piperidine rings is 1. The molecule has 0 unspecified atom stereocenters. The van der Waals surface area contributed by atoms with E-state index < -0.39 is 0 Å². The van der Waals surface area contributed by atoms with Crippen molar-refractivity contribution in [3.8, 4) is 0 Å². The predicted molar refractivity (Wildman–Crippen MR) is 77.6 cm³/mol. The molecule has 4 nitrogen and oxygen atoms in total. The van der Waals surface area contributed by atoms with E-state index in [1.165, 1.54) is 5.56 Å². The number of aliphatic hydroxyl groups is 1. The van der Waals surface area contributed by atoms with Gasteiger partial charge in [0.25, 0.3) is 0 Å². The van der Waals surface area contributed by atoms with Gasteiger partial charge in [0.05, 0.1) is 6.10 Å². The smallest absolute Gasteiger partial charge is 0.317 e. The number of amides is 2. The van der Waals surface area contributed by atoms with Crippen molar-refractivity contribution in [2.45, 2.75) is 37.2 Å². The number of benzene rings is 1. The van der Waals surface area contributed by atoms with Gasteiger partial charge in [0.15, 0.2) is 0 Å². The number of β-amino-alcohol motifs (C(OH)–C–C–N with tert-alkyl or cyclic N) is 1. The van der Waals surface area contributed by atoms with E-state index >= 15 is 0 Å². The Kier molecular flexibility index (Phi) is 3.66. The second-order valence-corrected chi connectivity index (χ2v) is 6.05. The minimum Gasteiger partial charge on any atom is -0.391 e. The van der Waals surface area contributed by atoms with Gasteiger partial charge in [-0.25, -0.2) is 4.79 Å². The van der Waals surface area contributed by atoms with Crippen LogP contribution in [0.2, 0.25) is 0 Å². The van der Waals surface area contributed by atoms with E-state index in [1.807, 2.05) is 6.07 Å². The van der Waals surface area contributed by atoms with Gasteiger partial charge in [0.2, 0.25) is 0 Å². The maximum Gasteiger partial charge on any atom is 0.317 e. The van der Waals surface area contributed by atoms with Crippen LogP contribution in [0.3, 0.4) is 0 Å². The average molecular weight is 274 g/mol. The first-order valence-corrected chi connectivity index (χ1v) is 7.46. The molecule has 108 valence electrons. The van der Waals surface area contributed by atoms with Gasteiger partial charge in [0, 0.05) is 25.0 Å². The van der Waals surface area contributed by atoms with Crippen molar-refractivity contribution in [3.63, 3.8) is 0 Å². The highest BCUT2D eigenvalue weighted by atomic mass is 16.3. The van der Waals surface area contributed by atoms with Crippen LogP contribution in [0, 0.1) is 0 Å². The number of aliphatic hydroxyl groups excluding tert-OH is 1. The topological polar surface area (TPSA) is 52.6 Å². The minimum atomic E-state index is -0.362. The third-order valence-corrected chi connectivity index (χ3v) is 4.50. The van der Waals surface area contributed by atoms with Gasteiger partial charge in [-0.05, 0) is 31.2 Å². The summed E-state index contributed by atoms with van der Waals surface area (Å²) in [6.45, 7) is 1.91. The largest absolute Gasteiger partial charge is 0.391 e. The minimum absolute atomic E-state index is 0.0362. The number of carbonyl (C=O) groups excluding carboxylic acids is 1. The maximum absolute atomic E-state index is 12.2. The third-order valence-electron chi connectivity index (χ3n) is 4.50. The molecule has 1 aliphatic carbocycles. The molecule has 0 bridgehead atoms. The number of hydrogen-bond donors (Lipinski definition) is 2. The van der Waals surface area contributed by atoms with Crippen LogP contribution in [-0.2, 0) is 5.41 Å². The summed E-state index contributed by atoms with van der Waals surface area (Å²) in [5.74, 6) is 0. The lowest BCUT2D eigenvalue weighted by Gasteiger charge is -2.30. The van der Waals surface area contributed by atoms with Crippen LogP contribution in [0.15, 0.2) is 30.3 Å². The SMILES string of the molecule is O=C(NCC1(c2ccccc2)CC1)N1CCC[C@@H](O)C1. The van der Waals surface area contributed by atoms with Crippen molar-refractivity contribution in [2.75, 3.05) is 19.6 Å². The van der Waals surface area contributed by atoms with Gasteiger partial charge in [-0.2, -0.15) is 0 Å². The molecule has 1 aliphatic heterocycles. The molecule has 1 saturated carbocycles. The van der Waals surface area contributed by atoms with Crippen molar-refractivity contribution in [1.82, 2.24) is 10.2 Å². The Labute approximate surface area is 119 Å². The van der Waals surface area contributed by atoms with Crippen LogP contribution in [0.1, 0.15) is 31.2 Å². The molecule has 2 amide bonds. The number of urea groups is 1. The summed E-state index contributed by atoms with van der Waals surface area (Å²) in [5, 5.41) is 12.7. The first kappa shape index (κ1) is 13.4. The second-order valence-electron chi connectivity index (χ2n) is 6.05. The molecule has 2 N–H and O–H groups in total. The van der Waals surface area contributed by atoms with Gasteiger partial charge in [0.1, 0.15) is 0 Å². The Morgan fingerprint density at radius 2 is 2.10 bits per heavy atom. The first-order chi connectivity index (χ1) is 9.70.